The van der Waals surface area contributed by atoms with Gasteiger partial charge < -0.3 is 14.6 Å². The third-order valence-electron chi connectivity index (χ3n) is 5.29. The second-order valence-corrected chi connectivity index (χ2v) is 6.96. The molecule has 1 aliphatic rings. The molecule has 0 bridgehead atoms. The van der Waals surface area contributed by atoms with E-state index < -0.39 is 0 Å². The molecular formula is C22H23N2O2. The molecule has 26 heavy (non-hydrogen) atoms. The Balaban J connectivity index is 1.45. The summed E-state index contributed by atoms with van der Waals surface area (Å²) in [5, 5.41) is 0.910. The molecule has 1 aromatic heterocycles. The topological polar surface area (TPSA) is 45.3 Å². The van der Waals surface area contributed by atoms with Crippen LogP contribution in [0.5, 0.6) is 5.75 Å². The Morgan fingerprint density at radius 3 is 2.73 bits per heavy atom. The predicted molar refractivity (Wildman–Crippen MR) is 102 cm³/mol. The number of methoxy groups -OCH3 is 1. The molecule has 2 heterocycles. The molecule has 1 radical (unpaired) electrons. The Bertz CT molecular complexity index is 893. The van der Waals surface area contributed by atoms with E-state index in [1.807, 2.05) is 17.0 Å². The van der Waals surface area contributed by atoms with Gasteiger partial charge in [-0.25, -0.2) is 0 Å². The van der Waals surface area contributed by atoms with Crippen LogP contribution in [0, 0.1) is 12.0 Å². The Hall–Kier alpha value is -2.75. The highest BCUT2D eigenvalue weighted by Crippen LogP contribution is 2.28. The van der Waals surface area contributed by atoms with Crippen LogP contribution in [0.3, 0.4) is 0 Å². The maximum Gasteiger partial charge on any atom is 0.257 e. The minimum atomic E-state index is 0.0523. The van der Waals surface area contributed by atoms with E-state index in [1.54, 1.807) is 13.3 Å². The average molecular weight is 347 g/mol. The molecule has 4 heteroatoms. The molecule has 2 aromatic carbocycles. The van der Waals surface area contributed by atoms with E-state index in [2.05, 4.69) is 41.4 Å². The van der Waals surface area contributed by atoms with Crippen molar-refractivity contribution in [2.45, 2.75) is 19.3 Å². The molecule has 4 nitrogen and oxygen atoms in total. The number of aromatic amines is 1. The molecule has 1 N–H and O–H groups in total. The van der Waals surface area contributed by atoms with Crippen LogP contribution in [-0.2, 0) is 6.42 Å². The molecule has 1 fully saturated rings. The van der Waals surface area contributed by atoms with E-state index in [0.717, 1.165) is 43.3 Å². The van der Waals surface area contributed by atoms with Crippen molar-refractivity contribution in [1.29, 1.82) is 0 Å². The molecule has 0 saturated carbocycles. The van der Waals surface area contributed by atoms with Gasteiger partial charge in [-0.1, -0.05) is 30.3 Å². The fourth-order valence-corrected chi connectivity index (χ4v) is 3.80. The first kappa shape index (κ1) is 16.7. The van der Waals surface area contributed by atoms with Gasteiger partial charge in [-0.3, -0.25) is 4.79 Å². The Labute approximate surface area is 153 Å². The zero-order valence-corrected chi connectivity index (χ0v) is 15.0. The monoisotopic (exact) mass is 347 g/mol. The van der Waals surface area contributed by atoms with E-state index in [9.17, 15) is 4.79 Å². The quantitative estimate of drug-likeness (QED) is 0.773. The standard InChI is InChI=1S/C22H23N2O2/c1-26-21-15-20-18(7-10-23-20)14-19(21)22(25)24-11-8-17(9-12-24)13-16-5-3-2-4-6-16/h2-6,10,14-15,17,23H,8-9,11-13H2,1H3. The third-order valence-corrected chi connectivity index (χ3v) is 5.29. The van der Waals surface area contributed by atoms with Crippen LogP contribution in [0.2, 0.25) is 0 Å². The summed E-state index contributed by atoms with van der Waals surface area (Å²) in [6.45, 7) is 1.60. The second-order valence-electron chi connectivity index (χ2n) is 6.96. The fourth-order valence-electron chi connectivity index (χ4n) is 3.80. The van der Waals surface area contributed by atoms with E-state index in [1.165, 1.54) is 5.56 Å². The molecule has 1 aliphatic heterocycles. The summed E-state index contributed by atoms with van der Waals surface area (Å²) in [4.78, 5) is 18.1. The lowest BCUT2D eigenvalue weighted by molar-refractivity contribution is 0.0687. The first-order valence-electron chi connectivity index (χ1n) is 9.14. The Morgan fingerprint density at radius 2 is 2.00 bits per heavy atom. The zero-order valence-electron chi connectivity index (χ0n) is 15.0. The number of likely N-dealkylation sites (tertiary alicyclic amines) is 1. The molecule has 0 unspecified atom stereocenters. The number of H-pyrrole nitrogens is 1. The van der Waals surface area contributed by atoms with Crippen molar-refractivity contribution < 1.29 is 9.53 Å². The van der Waals surface area contributed by atoms with Gasteiger partial charge in [-0.05, 0) is 36.8 Å². The van der Waals surface area contributed by atoms with Gasteiger partial charge in [0, 0.05) is 42.3 Å². The number of ether oxygens (including phenoxy) is 1. The largest absolute Gasteiger partial charge is 0.496 e. The minimum absolute atomic E-state index is 0.0523. The SMILES string of the molecule is COc1cc2[nH]c[c]c2cc1C(=O)N1CCC(Cc2ccccc2)CC1. The van der Waals surface area contributed by atoms with Crippen molar-refractivity contribution in [2.24, 2.45) is 5.92 Å². The number of rotatable bonds is 4. The highest BCUT2D eigenvalue weighted by atomic mass is 16.5. The third kappa shape index (κ3) is 3.32. The van der Waals surface area contributed by atoms with Crippen molar-refractivity contribution in [3.8, 4) is 5.75 Å². The van der Waals surface area contributed by atoms with Gasteiger partial charge >= 0.3 is 0 Å². The summed E-state index contributed by atoms with van der Waals surface area (Å²) >= 11 is 0. The summed E-state index contributed by atoms with van der Waals surface area (Å²) in [7, 11) is 1.61. The lowest BCUT2D eigenvalue weighted by Gasteiger charge is -2.32. The first-order chi connectivity index (χ1) is 12.7. The maximum absolute atomic E-state index is 13.0. The van der Waals surface area contributed by atoms with Crippen LogP contribution < -0.4 is 4.74 Å². The number of piperidine rings is 1. The Kier molecular flexibility index (Phi) is 4.65. The molecule has 133 valence electrons. The maximum atomic E-state index is 13.0. The van der Waals surface area contributed by atoms with Gasteiger partial charge in [0.15, 0.2) is 0 Å². The predicted octanol–water partition coefficient (Wildman–Crippen LogP) is 4.07. The number of benzene rings is 2. The van der Waals surface area contributed by atoms with Gasteiger partial charge in [0.2, 0.25) is 0 Å². The van der Waals surface area contributed by atoms with Gasteiger partial charge in [-0.2, -0.15) is 0 Å². The summed E-state index contributed by atoms with van der Waals surface area (Å²) in [6, 6.07) is 17.5. The number of hydrogen-bond donors (Lipinski definition) is 1. The van der Waals surface area contributed by atoms with Crippen molar-refractivity contribution in [3.63, 3.8) is 0 Å². The lowest BCUT2D eigenvalue weighted by atomic mass is 9.90. The first-order valence-corrected chi connectivity index (χ1v) is 9.14. The number of nitrogens with zero attached hydrogens (tertiary/aromatic N) is 1. The van der Waals surface area contributed by atoms with Gasteiger partial charge in [-0.15, -0.1) is 0 Å². The van der Waals surface area contributed by atoms with E-state index >= 15 is 0 Å². The van der Waals surface area contributed by atoms with E-state index in [4.69, 9.17) is 4.74 Å². The number of carbonyl (C=O) groups excluding carboxylic acids is 1. The highest BCUT2D eigenvalue weighted by molar-refractivity contribution is 6.01. The van der Waals surface area contributed by atoms with Gasteiger partial charge in [0.05, 0.1) is 12.7 Å². The van der Waals surface area contributed by atoms with Crippen LogP contribution in [-0.4, -0.2) is 36.0 Å². The van der Waals surface area contributed by atoms with Crippen molar-refractivity contribution in [2.75, 3.05) is 20.2 Å². The van der Waals surface area contributed by atoms with Crippen LogP contribution >= 0.6 is 0 Å². The smallest absolute Gasteiger partial charge is 0.257 e. The van der Waals surface area contributed by atoms with E-state index in [-0.39, 0.29) is 5.91 Å². The molecule has 0 aliphatic carbocycles. The van der Waals surface area contributed by atoms with Crippen molar-refractivity contribution in [3.05, 3.63) is 65.9 Å². The van der Waals surface area contributed by atoms with Crippen LogP contribution in [0.4, 0.5) is 0 Å². The minimum Gasteiger partial charge on any atom is -0.496 e. The number of nitrogens with one attached hydrogen (secondary N) is 1. The number of aromatic nitrogens is 1. The van der Waals surface area contributed by atoms with Crippen LogP contribution in [0.15, 0.2) is 48.7 Å². The molecule has 0 spiro atoms. The number of fused-ring (bicyclic) bond motifs is 1. The fraction of sp³-hybridized carbons (Fsp3) is 0.318. The lowest BCUT2D eigenvalue weighted by Crippen LogP contribution is -2.39. The van der Waals surface area contributed by atoms with Crippen molar-refractivity contribution in [1.82, 2.24) is 9.88 Å². The van der Waals surface area contributed by atoms with Crippen molar-refractivity contribution >= 4 is 16.8 Å². The normalized spacial score (nSPS) is 15.3. The summed E-state index contributed by atoms with van der Waals surface area (Å²) in [6.07, 6.45) is 4.94. The summed E-state index contributed by atoms with van der Waals surface area (Å²) < 4.78 is 5.45. The van der Waals surface area contributed by atoms with Crippen LogP contribution in [0.1, 0.15) is 28.8 Å². The summed E-state index contributed by atoms with van der Waals surface area (Å²) in [5.74, 6) is 1.31. The molecule has 1 amide bonds. The number of hydrogen-bond acceptors (Lipinski definition) is 2. The molecule has 4 rings (SSSR count). The Morgan fingerprint density at radius 1 is 1.23 bits per heavy atom. The molecule has 3 aromatic rings. The number of amides is 1. The van der Waals surface area contributed by atoms with E-state index in [0.29, 0.717) is 17.2 Å². The van der Waals surface area contributed by atoms with Crippen LogP contribution in [0.25, 0.3) is 10.9 Å². The second kappa shape index (κ2) is 7.24. The van der Waals surface area contributed by atoms with Gasteiger partial charge in [0.1, 0.15) is 5.75 Å². The average Bonchev–Trinajstić information content (AvgIpc) is 3.15. The molecular weight excluding hydrogens is 324 g/mol. The molecule has 0 atom stereocenters. The molecule has 1 saturated heterocycles. The number of carbonyl (C=O) groups is 1. The highest BCUT2D eigenvalue weighted by Gasteiger charge is 2.26. The summed E-state index contributed by atoms with van der Waals surface area (Å²) in [5.41, 5.74) is 2.93. The van der Waals surface area contributed by atoms with Gasteiger partial charge in [0.25, 0.3) is 5.91 Å². The zero-order chi connectivity index (χ0) is 17.9.